The summed E-state index contributed by atoms with van der Waals surface area (Å²) in [5.74, 6) is 0.793. The third-order valence-electron chi connectivity index (χ3n) is 5.40. The van der Waals surface area contributed by atoms with Crippen molar-refractivity contribution in [2.75, 3.05) is 0 Å². The average Bonchev–Trinajstić information content (AvgIpc) is 3.38. The summed E-state index contributed by atoms with van der Waals surface area (Å²) in [6.45, 7) is 7.08. The zero-order valence-corrected chi connectivity index (χ0v) is 16.3. The van der Waals surface area contributed by atoms with Gasteiger partial charge in [0.25, 0.3) is 0 Å². The van der Waals surface area contributed by atoms with E-state index in [0.29, 0.717) is 0 Å². The van der Waals surface area contributed by atoms with Crippen LogP contribution in [0.25, 0.3) is 34.0 Å². The van der Waals surface area contributed by atoms with Gasteiger partial charge in [-0.05, 0) is 65.4 Å². The molecule has 1 aliphatic carbocycles. The van der Waals surface area contributed by atoms with Crippen LogP contribution >= 0.6 is 15.9 Å². The van der Waals surface area contributed by atoms with E-state index in [1.807, 2.05) is 6.08 Å². The topological polar surface area (TPSA) is 22.2 Å². The third kappa shape index (κ3) is 2.36. The van der Waals surface area contributed by atoms with Crippen LogP contribution in [0.3, 0.4) is 0 Å². The van der Waals surface area contributed by atoms with Gasteiger partial charge in [0.15, 0.2) is 0 Å². The number of aromatic nitrogens is 3. The van der Waals surface area contributed by atoms with E-state index in [1.54, 1.807) is 0 Å². The first kappa shape index (κ1) is 15.9. The van der Waals surface area contributed by atoms with Crippen LogP contribution in [0.5, 0.6) is 0 Å². The van der Waals surface area contributed by atoms with Crippen molar-refractivity contribution in [1.82, 2.24) is 14.0 Å². The molecule has 0 bridgehead atoms. The summed E-state index contributed by atoms with van der Waals surface area (Å²) in [5.41, 5.74) is 6.74. The number of halogens is 1. The molecule has 4 heteroatoms. The monoisotopic (exact) mass is 405 g/mol. The first-order valence-electron chi connectivity index (χ1n) is 9.05. The van der Waals surface area contributed by atoms with E-state index in [0.717, 1.165) is 39.5 Å². The van der Waals surface area contributed by atoms with E-state index in [4.69, 9.17) is 4.98 Å². The maximum Gasteiger partial charge on any atom is 0.138 e. The molecular weight excluding hydrogens is 386 g/mol. The Labute approximate surface area is 161 Å². The van der Waals surface area contributed by atoms with Crippen LogP contribution in [0.2, 0.25) is 0 Å². The number of para-hydroxylation sites is 1. The first-order valence-corrected chi connectivity index (χ1v) is 9.85. The summed E-state index contributed by atoms with van der Waals surface area (Å²) in [6.07, 6.45) is 6.61. The maximum atomic E-state index is 5.00. The van der Waals surface area contributed by atoms with Gasteiger partial charge in [0.2, 0.25) is 0 Å². The molecule has 0 spiro atoms. The van der Waals surface area contributed by atoms with E-state index >= 15 is 0 Å². The molecule has 5 rings (SSSR count). The van der Waals surface area contributed by atoms with Crippen molar-refractivity contribution in [3.05, 3.63) is 64.9 Å². The Morgan fingerprint density at radius 1 is 1.27 bits per heavy atom. The summed E-state index contributed by atoms with van der Waals surface area (Å²) in [6, 6.07) is 12.8. The molecule has 1 aromatic carbocycles. The van der Waals surface area contributed by atoms with Gasteiger partial charge in [-0.3, -0.25) is 0 Å². The van der Waals surface area contributed by atoms with Gasteiger partial charge in [0.05, 0.1) is 10.2 Å². The zero-order valence-electron chi connectivity index (χ0n) is 14.7. The molecule has 0 aliphatic heterocycles. The summed E-state index contributed by atoms with van der Waals surface area (Å²) in [5, 5.41) is 1.26. The minimum absolute atomic E-state index is 0.793. The fraction of sp³-hybridized carbons (Fsp3) is 0.227. The molecule has 4 aromatic rings. The normalized spacial score (nSPS) is 14.4. The highest BCUT2D eigenvalue weighted by Gasteiger charge is 2.27. The summed E-state index contributed by atoms with van der Waals surface area (Å²) in [4.78, 5) is 5.00. The molecule has 0 unspecified atom stereocenters. The minimum atomic E-state index is 0.793. The van der Waals surface area contributed by atoms with E-state index in [-0.39, 0.29) is 0 Å². The molecule has 3 aromatic heterocycles. The SMILES string of the molecule is C=Cc1ccn2c(C)c(-c3c(Br)c4ccccc4n3CC3CC3)nc2c1. The van der Waals surface area contributed by atoms with E-state index in [2.05, 4.69) is 81.0 Å². The molecule has 1 aliphatic rings. The first-order chi connectivity index (χ1) is 12.7. The van der Waals surface area contributed by atoms with Gasteiger partial charge in [0.1, 0.15) is 11.3 Å². The van der Waals surface area contributed by atoms with E-state index in [9.17, 15) is 0 Å². The van der Waals surface area contributed by atoms with Crippen molar-refractivity contribution in [2.24, 2.45) is 5.92 Å². The predicted molar refractivity (Wildman–Crippen MR) is 111 cm³/mol. The largest absolute Gasteiger partial charge is 0.338 e. The fourth-order valence-electron chi connectivity index (χ4n) is 3.78. The van der Waals surface area contributed by atoms with Gasteiger partial charge in [0, 0.05) is 29.3 Å². The van der Waals surface area contributed by atoms with Crippen LogP contribution in [0.15, 0.2) is 53.6 Å². The van der Waals surface area contributed by atoms with Crippen molar-refractivity contribution in [3.8, 4) is 11.4 Å². The van der Waals surface area contributed by atoms with Crippen molar-refractivity contribution >= 4 is 38.6 Å². The number of aryl methyl sites for hydroxylation is 1. The Morgan fingerprint density at radius 2 is 2.08 bits per heavy atom. The highest BCUT2D eigenvalue weighted by atomic mass is 79.9. The van der Waals surface area contributed by atoms with E-state index in [1.165, 1.54) is 29.4 Å². The second-order valence-electron chi connectivity index (χ2n) is 7.17. The molecule has 3 heterocycles. The third-order valence-corrected chi connectivity index (χ3v) is 6.20. The zero-order chi connectivity index (χ0) is 17.8. The van der Waals surface area contributed by atoms with Crippen LogP contribution < -0.4 is 0 Å². The fourth-order valence-corrected chi connectivity index (χ4v) is 4.51. The van der Waals surface area contributed by atoms with Crippen LogP contribution in [0.1, 0.15) is 24.1 Å². The van der Waals surface area contributed by atoms with Crippen LogP contribution in [0, 0.1) is 12.8 Å². The Bertz CT molecular complexity index is 1160. The Morgan fingerprint density at radius 3 is 2.85 bits per heavy atom. The lowest BCUT2D eigenvalue weighted by Crippen LogP contribution is -2.03. The number of rotatable bonds is 4. The van der Waals surface area contributed by atoms with Crippen molar-refractivity contribution in [3.63, 3.8) is 0 Å². The number of imidazole rings is 1. The van der Waals surface area contributed by atoms with Crippen LogP contribution in [-0.2, 0) is 6.54 Å². The van der Waals surface area contributed by atoms with E-state index < -0.39 is 0 Å². The molecule has 1 saturated carbocycles. The Kier molecular flexibility index (Phi) is 3.57. The van der Waals surface area contributed by atoms with Crippen molar-refractivity contribution in [1.29, 1.82) is 0 Å². The van der Waals surface area contributed by atoms with Gasteiger partial charge >= 0.3 is 0 Å². The lowest BCUT2D eigenvalue weighted by atomic mass is 10.2. The molecule has 0 N–H and O–H groups in total. The standard InChI is InChI=1S/C22H20BrN3/c1-3-15-10-11-25-14(2)21(24-19(25)12-15)22-20(23)17-6-4-5-7-18(17)26(22)13-16-8-9-16/h3-7,10-12,16H,1,8-9,13H2,2H3. The molecule has 3 nitrogen and oxygen atoms in total. The molecule has 0 radical (unpaired) electrons. The number of benzene rings is 1. The number of hydrogen-bond donors (Lipinski definition) is 0. The average molecular weight is 406 g/mol. The minimum Gasteiger partial charge on any atom is -0.338 e. The Hall–Kier alpha value is -2.33. The summed E-state index contributed by atoms with van der Waals surface area (Å²) >= 11 is 3.88. The lowest BCUT2D eigenvalue weighted by Gasteiger charge is -2.10. The number of pyridine rings is 1. The maximum absolute atomic E-state index is 5.00. The number of fused-ring (bicyclic) bond motifs is 2. The second kappa shape index (κ2) is 5.85. The quantitative estimate of drug-likeness (QED) is 0.403. The van der Waals surface area contributed by atoms with Gasteiger partial charge < -0.3 is 8.97 Å². The van der Waals surface area contributed by atoms with Crippen LogP contribution in [-0.4, -0.2) is 14.0 Å². The highest BCUT2D eigenvalue weighted by Crippen LogP contribution is 2.41. The second-order valence-corrected chi connectivity index (χ2v) is 7.96. The molecule has 26 heavy (non-hydrogen) atoms. The molecular formula is C22H20BrN3. The molecule has 0 atom stereocenters. The van der Waals surface area contributed by atoms with Gasteiger partial charge in [-0.15, -0.1) is 0 Å². The Balaban J connectivity index is 1.81. The molecule has 130 valence electrons. The van der Waals surface area contributed by atoms with Gasteiger partial charge in [-0.1, -0.05) is 30.9 Å². The smallest absolute Gasteiger partial charge is 0.138 e. The molecule has 0 saturated heterocycles. The number of nitrogens with zero attached hydrogens (tertiary/aromatic N) is 3. The van der Waals surface area contributed by atoms with Crippen molar-refractivity contribution < 1.29 is 0 Å². The summed E-state index contributed by atoms with van der Waals surface area (Å²) in [7, 11) is 0. The van der Waals surface area contributed by atoms with Crippen LogP contribution in [0.4, 0.5) is 0 Å². The van der Waals surface area contributed by atoms with Crippen molar-refractivity contribution in [2.45, 2.75) is 26.3 Å². The molecule has 0 amide bonds. The number of hydrogen-bond acceptors (Lipinski definition) is 1. The lowest BCUT2D eigenvalue weighted by molar-refractivity contribution is 0.651. The summed E-state index contributed by atoms with van der Waals surface area (Å²) < 4.78 is 5.76. The highest BCUT2D eigenvalue weighted by molar-refractivity contribution is 9.10. The van der Waals surface area contributed by atoms with Gasteiger partial charge in [-0.2, -0.15) is 0 Å². The molecule has 1 fully saturated rings. The van der Waals surface area contributed by atoms with Gasteiger partial charge in [-0.25, -0.2) is 4.98 Å². The predicted octanol–water partition coefficient (Wildman–Crippen LogP) is 6.08.